The van der Waals surface area contributed by atoms with Gasteiger partial charge in [-0.05, 0) is 6.07 Å². The molecule has 1 aliphatic heterocycles. The number of benzene rings is 1. The Labute approximate surface area is 106 Å². The van der Waals surface area contributed by atoms with Gasteiger partial charge >= 0.3 is 6.09 Å². The SMILES string of the molecule is N#CCc1ccccc1OC(=O)N1CCOCC1. The highest BCUT2D eigenvalue weighted by Gasteiger charge is 2.19. The zero-order valence-corrected chi connectivity index (χ0v) is 9.96. The highest BCUT2D eigenvalue weighted by Crippen LogP contribution is 2.19. The van der Waals surface area contributed by atoms with Gasteiger partial charge in [0.15, 0.2) is 0 Å². The molecular weight excluding hydrogens is 232 g/mol. The van der Waals surface area contributed by atoms with E-state index < -0.39 is 0 Å². The molecule has 2 rings (SSSR count). The maximum Gasteiger partial charge on any atom is 0.415 e. The average molecular weight is 246 g/mol. The van der Waals surface area contributed by atoms with Crippen LogP contribution in [0.2, 0.25) is 0 Å². The molecule has 0 N–H and O–H groups in total. The Morgan fingerprint density at radius 1 is 1.39 bits per heavy atom. The number of carbonyl (C=O) groups is 1. The van der Waals surface area contributed by atoms with Crippen LogP contribution in [-0.4, -0.2) is 37.3 Å². The smallest absolute Gasteiger partial charge is 0.410 e. The standard InChI is InChI=1S/C13H14N2O3/c14-6-5-11-3-1-2-4-12(11)18-13(16)15-7-9-17-10-8-15/h1-4H,5,7-10H2. The van der Waals surface area contributed by atoms with Crippen LogP contribution >= 0.6 is 0 Å². The fraction of sp³-hybridized carbons (Fsp3) is 0.385. The summed E-state index contributed by atoms with van der Waals surface area (Å²) in [6.45, 7) is 2.16. The Balaban J connectivity index is 2.04. The monoisotopic (exact) mass is 246 g/mol. The lowest BCUT2D eigenvalue weighted by Gasteiger charge is -2.26. The van der Waals surface area contributed by atoms with Crippen LogP contribution in [0.15, 0.2) is 24.3 Å². The molecule has 1 aromatic rings. The first-order chi connectivity index (χ1) is 8.81. The molecule has 0 aromatic heterocycles. The number of ether oxygens (including phenoxy) is 2. The third-order valence-corrected chi connectivity index (χ3v) is 2.71. The molecule has 0 bridgehead atoms. The molecule has 1 fully saturated rings. The summed E-state index contributed by atoms with van der Waals surface area (Å²) in [7, 11) is 0. The predicted molar refractivity (Wildman–Crippen MR) is 64.2 cm³/mol. The molecule has 94 valence electrons. The van der Waals surface area contributed by atoms with Gasteiger partial charge in [-0.15, -0.1) is 0 Å². The van der Waals surface area contributed by atoms with Crippen LogP contribution in [-0.2, 0) is 11.2 Å². The van der Waals surface area contributed by atoms with Crippen LogP contribution in [0.25, 0.3) is 0 Å². The lowest BCUT2D eigenvalue weighted by Crippen LogP contribution is -2.42. The van der Waals surface area contributed by atoms with Crippen LogP contribution in [0.4, 0.5) is 4.79 Å². The molecule has 0 unspecified atom stereocenters. The lowest BCUT2D eigenvalue weighted by molar-refractivity contribution is 0.0415. The van der Waals surface area contributed by atoms with E-state index in [0.29, 0.717) is 32.1 Å². The molecule has 5 nitrogen and oxygen atoms in total. The van der Waals surface area contributed by atoms with E-state index in [1.54, 1.807) is 23.1 Å². The molecule has 0 radical (unpaired) electrons. The van der Waals surface area contributed by atoms with E-state index >= 15 is 0 Å². The molecule has 1 heterocycles. The Hall–Kier alpha value is -2.06. The molecule has 0 atom stereocenters. The second-order valence-electron chi connectivity index (χ2n) is 3.91. The number of rotatable bonds is 2. The van der Waals surface area contributed by atoms with Gasteiger partial charge in [-0.1, -0.05) is 18.2 Å². The highest BCUT2D eigenvalue weighted by atomic mass is 16.6. The first-order valence-corrected chi connectivity index (χ1v) is 5.80. The molecule has 5 heteroatoms. The number of carbonyl (C=O) groups excluding carboxylic acids is 1. The minimum atomic E-state index is -0.385. The lowest BCUT2D eigenvalue weighted by atomic mass is 10.1. The summed E-state index contributed by atoms with van der Waals surface area (Å²) in [6, 6.07) is 9.13. The molecule has 0 saturated carbocycles. The maximum absolute atomic E-state index is 11.9. The molecule has 1 amide bonds. The van der Waals surface area contributed by atoms with Gasteiger partial charge in [-0.3, -0.25) is 0 Å². The van der Waals surface area contributed by atoms with E-state index in [1.807, 2.05) is 6.07 Å². The van der Waals surface area contributed by atoms with E-state index in [0.717, 1.165) is 5.56 Å². The molecule has 1 aromatic carbocycles. The molecule has 0 aliphatic carbocycles. The van der Waals surface area contributed by atoms with Crippen molar-refractivity contribution in [3.8, 4) is 11.8 Å². The van der Waals surface area contributed by atoms with Crippen molar-refractivity contribution in [3.05, 3.63) is 29.8 Å². The third-order valence-electron chi connectivity index (χ3n) is 2.71. The Kier molecular flexibility index (Phi) is 4.15. The number of hydrogen-bond acceptors (Lipinski definition) is 4. The van der Waals surface area contributed by atoms with Gasteiger partial charge in [0.05, 0.1) is 25.7 Å². The summed E-state index contributed by atoms with van der Waals surface area (Å²) in [5.74, 6) is 0.454. The summed E-state index contributed by atoms with van der Waals surface area (Å²) < 4.78 is 10.5. The maximum atomic E-state index is 11.9. The van der Waals surface area contributed by atoms with Gasteiger partial charge in [-0.2, -0.15) is 5.26 Å². The number of para-hydroxylation sites is 1. The van der Waals surface area contributed by atoms with Crippen LogP contribution in [0.5, 0.6) is 5.75 Å². The Morgan fingerprint density at radius 2 is 2.11 bits per heavy atom. The van der Waals surface area contributed by atoms with Crippen molar-refractivity contribution < 1.29 is 14.3 Å². The fourth-order valence-corrected chi connectivity index (χ4v) is 1.74. The van der Waals surface area contributed by atoms with Crippen molar-refractivity contribution >= 4 is 6.09 Å². The normalized spacial score (nSPS) is 14.9. The van der Waals surface area contributed by atoms with Crippen LogP contribution in [0, 0.1) is 11.3 Å². The largest absolute Gasteiger partial charge is 0.415 e. The number of nitriles is 1. The van der Waals surface area contributed by atoms with Crippen molar-refractivity contribution in [3.63, 3.8) is 0 Å². The first-order valence-electron chi connectivity index (χ1n) is 5.80. The van der Waals surface area contributed by atoms with Gasteiger partial charge in [0, 0.05) is 18.7 Å². The predicted octanol–water partition coefficient (Wildman–Crippen LogP) is 1.58. The van der Waals surface area contributed by atoms with Gasteiger partial charge in [-0.25, -0.2) is 4.79 Å². The van der Waals surface area contributed by atoms with Crippen LogP contribution in [0.3, 0.4) is 0 Å². The minimum Gasteiger partial charge on any atom is -0.410 e. The number of amides is 1. The molecular formula is C13H14N2O3. The van der Waals surface area contributed by atoms with Gasteiger partial charge < -0.3 is 14.4 Å². The summed E-state index contributed by atoms with van der Waals surface area (Å²) in [5.41, 5.74) is 0.724. The van der Waals surface area contributed by atoms with E-state index in [1.165, 1.54) is 0 Å². The number of morpholine rings is 1. The Morgan fingerprint density at radius 3 is 2.83 bits per heavy atom. The zero-order chi connectivity index (χ0) is 12.8. The van der Waals surface area contributed by atoms with Gasteiger partial charge in [0.2, 0.25) is 0 Å². The van der Waals surface area contributed by atoms with Crippen molar-refractivity contribution in [1.82, 2.24) is 4.90 Å². The van der Waals surface area contributed by atoms with E-state index in [2.05, 4.69) is 6.07 Å². The van der Waals surface area contributed by atoms with E-state index in [-0.39, 0.29) is 12.5 Å². The van der Waals surface area contributed by atoms with E-state index in [9.17, 15) is 4.79 Å². The number of hydrogen-bond donors (Lipinski definition) is 0. The molecule has 1 saturated heterocycles. The highest BCUT2D eigenvalue weighted by molar-refractivity contribution is 5.71. The van der Waals surface area contributed by atoms with Crippen molar-refractivity contribution in [2.24, 2.45) is 0 Å². The van der Waals surface area contributed by atoms with Crippen LogP contribution < -0.4 is 4.74 Å². The Bertz CT molecular complexity index is 462. The van der Waals surface area contributed by atoms with Crippen LogP contribution in [0.1, 0.15) is 5.56 Å². The summed E-state index contributed by atoms with van der Waals surface area (Å²) in [4.78, 5) is 13.5. The van der Waals surface area contributed by atoms with Gasteiger partial charge in [0.1, 0.15) is 5.75 Å². The molecule has 18 heavy (non-hydrogen) atoms. The molecule has 0 spiro atoms. The fourth-order valence-electron chi connectivity index (χ4n) is 1.74. The molecule has 1 aliphatic rings. The minimum absolute atomic E-state index is 0.229. The topological polar surface area (TPSA) is 62.6 Å². The van der Waals surface area contributed by atoms with Crippen molar-refractivity contribution in [1.29, 1.82) is 5.26 Å². The third kappa shape index (κ3) is 2.99. The second-order valence-corrected chi connectivity index (χ2v) is 3.91. The quantitative estimate of drug-likeness (QED) is 0.794. The van der Waals surface area contributed by atoms with Crippen molar-refractivity contribution in [2.45, 2.75) is 6.42 Å². The van der Waals surface area contributed by atoms with E-state index in [4.69, 9.17) is 14.7 Å². The first kappa shape index (κ1) is 12.4. The van der Waals surface area contributed by atoms with Gasteiger partial charge in [0.25, 0.3) is 0 Å². The summed E-state index contributed by atoms with van der Waals surface area (Å²) in [5, 5.41) is 8.71. The summed E-state index contributed by atoms with van der Waals surface area (Å²) in [6.07, 6.45) is -0.157. The number of nitrogens with zero attached hydrogens (tertiary/aromatic N) is 2. The zero-order valence-electron chi connectivity index (χ0n) is 9.96. The summed E-state index contributed by atoms with van der Waals surface area (Å²) >= 11 is 0. The van der Waals surface area contributed by atoms with Crippen molar-refractivity contribution in [2.75, 3.05) is 26.3 Å². The average Bonchev–Trinajstić information content (AvgIpc) is 2.42. The second kappa shape index (κ2) is 6.03.